The molecular formula is C25H24N6O2S. The fourth-order valence-electron chi connectivity index (χ4n) is 5.10. The van der Waals surface area contributed by atoms with Crippen molar-refractivity contribution >= 4 is 28.1 Å². The van der Waals surface area contributed by atoms with Gasteiger partial charge in [0.25, 0.3) is 11.8 Å². The normalized spacial score (nSPS) is 21.0. The van der Waals surface area contributed by atoms with E-state index in [-0.39, 0.29) is 23.9 Å². The summed E-state index contributed by atoms with van der Waals surface area (Å²) in [6.07, 6.45) is 5.41. The summed E-state index contributed by atoms with van der Waals surface area (Å²) in [6, 6.07) is 9.90. The molecule has 1 N–H and O–H groups in total. The molecule has 1 aliphatic carbocycles. The van der Waals surface area contributed by atoms with E-state index in [9.17, 15) is 9.59 Å². The molecule has 4 aromatic rings. The van der Waals surface area contributed by atoms with Gasteiger partial charge in [-0.15, -0.1) is 11.3 Å². The fourth-order valence-corrected chi connectivity index (χ4v) is 5.86. The Morgan fingerprint density at radius 2 is 1.97 bits per heavy atom. The quantitative estimate of drug-likeness (QED) is 0.480. The van der Waals surface area contributed by atoms with Gasteiger partial charge in [-0.2, -0.15) is 0 Å². The zero-order valence-corrected chi connectivity index (χ0v) is 19.7. The summed E-state index contributed by atoms with van der Waals surface area (Å²) in [6.45, 7) is 4.08. The Labute approximate surface area is 200 Å². The summed E-state index contributed by atoms with van der Waals surface area (Å²) in [7, 11) is 0. The highest BCUT2D eigenvalue weighted by molar-refractivity contribution is 7.15. The maximum absolute atomic E-state index is 13.8. The lowest BCUT2D eigenvalue weighted by atomic mass is 10.0. The molecule has 0 bridgehead atoms. The molecule has 1 saturated carbocycles. The van der Waals surface area contributed by atoms with E-state index >= 15 is 0 Å². The predicted molar refractivity (Wildman–Crippen MR) is 129 cm³/mol. The van der Waals surface area contributed by atoms with Gasteiger partial charge in [-0.1, -0.05) is 30.3 Å². The van der Waals surface area contributed by atoms with Crippen LogP contribution in [0.4, 0.5) is 0 Å². The van der Waals surface area contributed by atoms with Gasteiger partial charge in [0.1, 0.15) is 11.5 Å². The van der Waals surface area contributed by atoms with Crippen LogP contribution in [-0.2, 0) is 0 Å². The third-order valence-electron chi connectivity index (χ3n) is 6.78. The second-order valence-electron chi connectivity index (χ2n) is 9.02. The van der Waals surface area contributed by atoms with E-state index < -0.39 is 0 Å². The number of thiazole rings is 1. The van der Waals surface area contributed by atoms with Crippen molar-refractivity contribution < 1.29 is 9.59 Å². The van der Waals surface area contributed by atoms with Crippen molar-refractivity contribution in [2.45, 2.75) is 38.8 Å². The van der Waals surface area contributed by atoms with Gasteiger partial charge in [-0.05, 0) is 32.6 Å². The van der Waals surface area contributed by atoms with E-state index in [2.05, 4.69) is 20.3 Å². The average molecular weight is 473 g/mol. The summed E-state index contributed by atoms with van der Waals surface area (Å²) in [5.74, 6) is 0.891. The van der Waals surface area contributed by atoms with Crippen LogP contribution in [-0.4, -0.2) is 54.7 Å². The van der Waals surface area contributed by atoms with Crippen molar-refractivity contribution in [3.63, 3.8) is 0 Å². The molecular weight excluding hydrogens is 448 g/mol. The first-order valence-corrected chi connectivity index (χ1v) is 12.3. The first-order chi connectivity index (χ1) is 16.5. The monoisotopic (exact) mass is 472 g/mol. The number of fused-ring (bicyclic) bond motifs is 2. The topological polar surface area (TPSA) is 92.5 Å². The van der Waals surface area contributed by atoms with Crippen LogP contribution in [0.5, 0.6) is 0 Å². The molecule has 1 saturated heterocycles. The van der Waals surface area contributed by atoms with Gasteiger partial charge in [0.15, 0.2) is 4.96 Å². The lowest BCUT2D eigenvalue weighted by Gasteiger charge is -2.28. The molecule has 6 rings (SSSR count). The first-order valence-electron chi connectivity index (χ1n) is 11.4. The van der Waals surface area contributed by atoms with Gasteiger partial charge in [-0.25, -0.2) is 15.0 Å². The highest BCUT2D eigenvalue weighted by atomic mass is 32.1. The number of amides is 2. The molecule has 1 aromatic carbocycles. The van der Waals surface area contributed by atoms with E-state index in [4.69, 9.17) is 0 Å². The van der Waals surface area contributed by atoms with E-state index in [1.165, 1.54) is 11.3 Å². The zero-order valence-electron chi connectivity index (χ0n) is 18.9. The van der Waals surface area contributed by atoms with E-state index in [1.54, 1.807) is 6.20 Å². The number of carbonyl (C=O) groups is 2. The Balaban J connectivity index is 1.25. The molecule has 0 radical (unpaired) electrons. The van der Waals surface area contributed by atoms with Gasteiger partial charge in [-0.3, -0.25) is 14.0 Å². The van der Waals surface area contributed by atoms with Crippen molar-refractivity contribution in [1.29, 1.82) is 0 Å². The Kier molecular flexibility index (Phi) is 4.95. The predicted octanol–water partition coefficient (Wildman–Crippen LogP) is 3.50. The van der Waals surface area contributed by atoms with E-state index in [0.29, 0.717) is 40.9 Å². The molecule has 0 spiro atoms. The molecule has 2 amide bonds. The van der Waals surface area contributed by atoms with Crippen LogP contribution in [0.25, 0.3) is 16.2 Å². The number of hydrogen-bond acceptors (Lipinski definition) is 6. The number of nitrogens with zero attached hydrogens (tertiary/aromatic N) is 5. The third kappa shape index (κ3) is 3.47. The largest absolute Gasteiger partial charge is 0.349 e. The number of nitrogens with one attached hydrogen (secondary N) is 1. The van der Waals surface area contributed by atoms with Crippen LogP contribution in [0, 0.1) is 19.8 Å². The molecule has 2 fully saturated rings. The molecule has 1 aliphatic heterocycles. The second-order valence-corrected chi connectivity index (χ2v) is 9.90. The van der Waals surface area contributed by atoms with Crippen molar-refractivity contribution in [2.75, 3.05) is 6.54 Å². The number of imidazole rings is 1. The number of benzene rings is 1. The van der Waals surface area contributed by atoms with Crippen LogP contribution in [0.1, 0.15) is 45.2 Å². The van der Waals surface area contributed by atoms with Crippen molar-refractivity contribution in [3.05, 3.63) is 70.9 Å². The molecule has 3 atom stereocenters. The molecule has 8 nitrogen and oxygen atoms in total. The number of rotatable bonds is 5. The number of hydrogen-bond donors (Lipinski definition) is 1. The summed E-state index contributed by atoms with van der Waals surface area (Å²) in [5.41, 5.74) is 3.31. The number of carbonyl (C=O) groups excluding carboxylic acids is 2. The molecule has 9 heteroatoms. The molecule has 34 heavy (non-hydrogen) atoms. The van der Waals surface area contributed by atoms with Crippen LogP contribution in [0.2, 0.25) is 0 Å². The smallest absolute Gasteiger partial charge is 0.270 e. The maximum atomic E-state index is 13.8. The zero-order chi connectivity index (χ0) is 23.4. The van der Waals surface area contributed by atoms with Crippen molar-refractivity contribution in [1.82, 2.24) is 29.6 Å². The van der Waals surface area contributed by atoms with Gasteiger partial charge in [0, 0.05) is 35.9 Å². The maximum Gasteiger partial charge on any atom is 0.270 e. The molecule has 2 aliphatic rings. The van der Waals surface area contributed by atoms with E-state index in [1.807, 2.05) is 65.1 Å². The minimum atomic E-state index is -0.167. The Bertz CT molecular complexity index is 1410. The SMILES string of the molecule is Cc1ncc(C(=O)N2C3CC3C[C@H]2CNC(=O)c2c(C)nc3sccn23)c(-c2ccccc2)n1. The number of piperidine rings is 1. The van der Waals surface area contributed by atoms with Gasteiger partial charge >= 0.3 is 0 Å². The Hall–Kier alpha value is -3.59. The Morgan fingerprint density at radius 3 is 2.79 bits per heavy atom. The van der Waals surface area contributed by atoms with E-state index in [0.717, 1.165) is 23.4 Å². The molecule has 3 aromatic heterocycles. The summed E-state index contributed by atoms with van der Waals surface area (Å²) >= 11 is 1.50. The summed E-state index contributed by atoms with van der Waals surface area (Å²) in [5, 5.41) is 4.98. The number of aryl methyl sites for hydroxylation is 2. The lowest BCUT2D eigenvalue weighted by Crippen LogP contribution is -2.45. The van der Waals surface area contributed by atoms with Crippen LogP contribution >= 0.6 is 11.3 Å². The molecule has 4 heterocycles. The summed E-state index contributed by atoms with van der Waals surface area (Å²) < 4.78 is 1.82. The lowest BCUT2D eigenvalue weighted by molar-refractivity contribution is 0.0688. The van der Waals surface area contributed by atoms with Crippen LogP contribution in [0.3, 0.4) is 0 Å². The van der Waals surface area contributed by atoms with Crippen molar-refractivity contribution in [2.24, 2.45) is 5.92 Å². The minimum absolute atomic E-state index is 0.0590. The highest BCUT2D eigenvalue weighted by Gasteiger charge is 2.54. The number of aromatic nitrogens is 4. The first kappa shape index (κ1) is 21.0. The number of likely N-dealkylation sites (tertiary alicyclic amines) is 1. The third-order valence-corrected chi connectivity index (χ3v) is 7.54. The average Bonchev–Trinajstić information content (AvgIpc) is 3.14. The Morgan fingerprint density at radius 1 is 1.15 bits per heavy atom. The van der Waals surface area contributed by atoms with Gasteiger partial charge in [0.2, 0.25) is 0 Å². The standard InChI is InChI=1S/C25H24N6O2S/c1-14-22(30-8-9-34-25(30)28-14)23(32)27-12-18-10-17-11-20(17)31(18)24(33)19-13-26-15(2)29-21(19)16-6-4-3-5-7-16/h3-9,13,17-18,20H,10-12H2,1-2H3,(H,27,32)/t17?,18-,20?/m0/s1. The van der Waals surface area contributed by atoms with Gasteiger partial charge in [0.05, 0.1) is 23.0 Å². The molecule has 172 valence electrons. The minimum Gasteiger partial charge on any atom is -0.349 e. The van der Waals surface area contributed by atoms with Crippen LogP contribution in [0.15, 0.2) is 48.1 Å². The highest BCUT2D eigenvalue weighted by Crippen LogP contribution is 2.48. The molecule has 2 unspecified atom stereocenters. The fraction of sp³-hybridized carbons (Fsp3) is 0.320. The van der Waals surface area contributed by atoms with Crippen LogP contribution < -0.4 is 5.32 Å². The van der Waals surface area contributed by atoms with Gasteiger partial charge < -0.3 is 10.2 Å². The summed E-state index contributed by atoms with van der Waals surface area (Å²) in [4.78, 5) is 43.0. The second kappa shape index (κ2) is 8.02. The van der Waals surface area contributed by atoms with Crippen molar-refractivity contribution in [3.8, 4) is 11.3 Å².